The average molecular weight is 422 g/mol. The van der Waals surface area contributed by atoms with Gasteiger partial charge in [0.1, 0.15) is 11.9 Å². The zero-order chi connectivity index (χ0) is 17.7. The number of nitrogens with zero attached hydrogens (tertiary/aromatic N) is 1. The maximum Gasteiger partial charge on any atom is 0.242 e. The molecule has 2 fully saturated rings. The quantitative estimate of drug-likeness (QED) is 0.766. The van der Waals surface area contributed by atoms with Gasteiger partial charge in [-0.2, -0.15) is 0 Å². The van der Waals surface area contributed by atoms with Gasteiger partial charge in [0.05, 0.1) is 13.2 Å². The summed E-state index contributed by atoms with van der Waals surface area (Å²) in [6.45, 7) is 7.20. The molecule has 154 valence electrons. The van der Waals surface area contributed by atoms with Gasteiger partial charge in [-0.1, -0.05) is 25.1 Å². The molecule has 5 nitrogen and oxygen atoms in total. The number of rotatable bonds is 5. The zero-order valence-corrected chi connectivity index (χ0v) is 17.3. The number of hydrogen-bond donors (Lipinski definition) is 2. The molecule has 2 heterocycles. The fraction of sp³-hybridized carbons (Fsp3) is 0.632. The van der Waals surface area contributed by atoms with Crippen LogP contribution in [0.15, 0.2) is 24.3 Å². The minimum absolute atomic E-state index is 0. The maximum absolute atomic E-state index is 14.4. The third-order valence-corrected chi connectivity index (χ3v) is 5.36. The topological polar surface area (TPSA) is 53.6 Å². The summed E-state index contributed by atoms with van der Waals surface area (Å²) in [5, 5.41) is 6.45. The normalized spacial score (nSPS) is 20.7. The fourth-order valence-corrected chi connectivity index (χ4v) is 3.64. The van der Waals surface area contributed by atoms with Crippen LogP contribution in [0.1, 0.15) is 31.4 Å². The Bertz CT molecular complexity index is 594. The van der Waals surface area contributed by atoms with Crippen LogP contribution in [-0.2, 0) is 9.53 Å². The summed E-state index contributed by atoms with van der Waals surface area (Å²) < 4.78 is 19.8. The summed E-state index contributed by atoms with van der Waals surface area (Å²) in [6.07, 6.45) is 2.07. The molecule has 0 spiro atoms. The summed E-state index contributed by atoms with van der Waals surface area (Å²) in [6, 6.07) is 5.97. The first kappa shape index (κ1) is 24.1. The maximum atomic E-state index is 14.4. The number of nitrogens with one attached hydrogen (secondary N) is 2. The van der Waals surface area contributed by atoms with Crippen LogP contribution in [0.3, 0.4) is 0 Å². The second kappa shape index (κ2) is 11.2. The smallest absolute Gasteiger partial charge is 0.242 e. The monoisotopic (exact) mass is 421 g/mol. The first-order valence-corrected chi connectivity index (χ1v) is 9.14. The molecule has 0 saturated carbocycles. The van der Waals surface area contributed by atoms with Crippen LogP contribution in [0.4, 0.5) is 4.39 Å². The van der Waals surface area contributed by atoms with Crippen molar-refractivity contribution in [3.63, 3.8) is 0 Å². The van der Waals surface area contributed by atoms with Crippen molar-refractivity contribution >= 4 is 30.7 Å². The van der Waals surface area contributed by atoms with Crippen LogP contribution in [0.2, 0.25) is 0 Å². The largest absolute Gasteiger partial charge is 0.379 e. The predicted molar refractivity (Wildman–Crippen MR) is 109 cm³/mol. The number of ether oxygens (including phenoxy) is 1. The number of benzene rings is 1. The van der Waals surface area contributed by atoms with E-state index >= 15 is 0 Å². The standard InChI is InChI=1S/C19H28FN3O2.2ClH/c1-19(6-8-21-9-7-19)14-22-18(24)17(23-10-12-25-13-11-23)15-4-2-3-5-16(15)20;;/h2-5,17,21H,6-14H2,1H3,(H,22,24);2*1H. The Morgan fingerprint density at radius 1 is 1.26 bits per heavy atom. The number of carbonyl (C=O) groups excluding carboxylic acids is 1. The van der Waals surface area contributed by atoms with Gasteiger partial charge in [-0.05, 0) is 37.4 Å². The van der Waals surface area contributed by atoms with Crippen LogP contribution < -0.4 is 10.6 Å². The van der Waals surface area contributed by atoms with Crippen LogP contribution in [0.5, 0.6) is 0 Å². The third kappa shape index (κ3) is 6.29. The Balaban J connectivity index is 0.00000182. The number of carbonyl (C=O) groups is 1. The number of amides is 1. The molecule has 1 unspecified atom stereocenters. The van der Waals surface area contributed by atoms with Crippen LogP contribution >= 0.6 is 24.8 Å². The Morgan fingerprint density at radius 3 is 2.52 bits per heavy atom. The van der Waals surface area contributed by atoms with Gasteiger partial charge in [-0.25, -0.2) is 4.39 Å². The molecule has 0 aliphatic carbocycles. The molecule has 2 aliphatic heterocycles. The molecular weight excluding hydrogens is 392 g/mol. The summed E-state index contributed by atoms with van der Waals surface area (Å²) >= 11 is 0. The van der Waals surface area contributed by atoms with Gasteiger partial charge in [0, 0.05) is 25.2 Å². The molecular formula is C19H30Cl2FN3O2. The van der Waals surface area contributed by atoms with Gasteiger partial charge in [0.2, 0.25) is 5.91 Å². The van der Waals surface area contributed by atoms with Crippen molar-refractivity contribution < 1.29 is 13.9 Å². The molecule has 0 aromatic heterocycles. The first-order valence-electron chi connectivity index (χ1n) is 9.14. The summed E-state index contributed by atoms with van der Waals surface area (Å²) in [5.74, 6) is -0.450. The Labute approximate surface area is 173 Å². The van der Waals surface area contributed by atoms with E-state index in [0.717, 1.165) is 25.9 Å². The van der Waals surface area contributed by atoms with E-state index in [1.807, 2.05) is 4.90 Å². The summed E-state index contributed by atoms with van der Waals surface area (Å²) in [7, 11) is 0. The van der Waals surface area contributed by atoms with Crippen molar-refractivity contribution in [3.8, 4) is 0 Å². The van der Waals surface area contributed by atoms with Crippen LogP contribution in [0, 0.1) is 11.2 Å². The molecule has 1 aromatic carbocycles. The van der Waals surface area contributed by atoms with Crippen molar-refractivity contribution in [2.45, 2.75) is 25.8 Å². The van der Waals surface area contributed by atoms with E-state index in [0.29, 0.717) is 38.4 Å². The van der Waals surface area contributed by atoms with Crippen LogP contribution in [-0.4, -0.2) is 56.7 Å². The predicted octanol–water partition coefficient (Wildman–Crippen LogP) is 2.55. The highest BCUT2D eigenvalue weighted by Gasteiger charge is 2.33. The molecule has 2 saturated heterocycles. The molecule has 8 heteroatoms. The molecule has 2 aliphatic rings. The van der Waals surface area contributed by atoms with Crippen LogP contribution in [0.25, 0.3) is 0 Å². The lowest BCUT2D eigenvalue weighted by Gasteiger charge is -2.37. The Morgan fingerprint density at radius 2 is 1.89 bits per heavy atom. The highest BCUT2D eigenvalue weighted by molar-refractivity contribution is 5.85. The molecule has 0 bridgehead atoms. The fourth-order valence-electron chi connectivity index (χ4n) is 3.64. The average Bonchev–Trinajstić information content (AvgIpc) is 2.63. The van der Waals surface area contributed by atoms with Gasteiger partial charge in [-0.3, -0.25) is 9.69 Å². The summed E-state index contributed by atoms with van der Waals surface area (Å²) in [5.41, 5.74) is 0.545. The number of morpholine rings is 1. The molecule has 1 aromatic rings. The van der Waals surface area contributed by atoms with Crippen molar-refractivity contribution in [2.24, 2.45) is 5.41 Å². The van der Waals surface area contributed by atoms with Crippen molar-refractivity contribution in [3.05, 3.63) is 35.6 Å². The molecule has 1 atom stereocenters. The molecule has 2 N–H and O–H groups in total. The van der Waals surface area contributed by atoms with Gasteiger partial charge in [-0.15, -0.1) is 24.8 Å². The zero-order valence-electron chi connectivity index (χ0n) is 15.7. The van der Waals surface area contributed by atoms with E-state index < -0.39 is 6.04 Å². The van der Waals surface area contributed by atoms with Gasteiger partial charge in [0.25, 0.3) is 0 Å². The van der Waals surface area contributed by atoms with E-state index in [9.17, 15) is 9.18 Å². The van der Waals surface area contributed by atoms with E-state index in [-0.39, 0.29) is 42.0 Å². The lowest BCUT2D eigenvalue weighted by atomic mass is 9.81. The number of halogens is 3. The highest BCUT2D eigenvalue weighted by Crippen LogP contribution is 2.28. The molecule has 27 heavy (non-hydrogen) atoms. The minimum atomic E-state index is -0.601. The Hall–Kier alpha value is -0.920. The van der Waals surface area contributed by atoms with E-state index in [2.05, 4.69) is 17.6 Å². The molecule has 1 amide bonds. The van der Waals surface area contributed by atoms with Gasteiger partial charge >= 0.3 is 0 Å². The number of piperidine rings is 1. The van der Waals surface area contributed by atoms with E-state index in [4.69, 9.17) is 4.74 Å². The van der Waals surface area contributed by atoms with Gasteiger partial charge in [0.15, 0.2) is 0 Å². The minimum Gasteiger partial charge on any atom is -0.379 e. The van der Waals surface area contributed by atoms with Crippen molar-refractivity contribution in [1.82, 2.24) is 15.5 Å². The first-order chi connectivity index (χ1) is 12.1. The summed E-state index contributed by atoms with van der Waals surface area (Å²) in [4.78, 5) is 15.0. The highest BCUT2D eigenvalue weighted by atomic mass is 35.5. The Kier molecular flexibility index (Phi) is 9.98. The van der Waals surface area contributed by atoms with Crippen molar-refractivity contribution in [2.75, 3.05) is 45.9 Å². The van der Waals surface area contributed by atoms with Gasteiger partial charge < -0.3 is 15.4 Å². The second-order valence-electron chi connectivity index (χ2n) is 7.35. The lowest BCUT2D eigenvalue weighted by Crippen LogP contribution is -2.49. The second-order valence-corrected chi connectivity index (χ2v) is 7.35. The lowest BCUT2D eigenvalue weighted by molar-refractivity contribution is -0.129. The third-order valence-electron chi connectivity index (χ3n) is 5.36. The molecule has 0 radical (unpaired) electrons. The SMILES string of the molecule is CC1(CNC(=O)C(c2ccccc2F)N2CCOCC2)CCNCC1.Cl.Cl. The molecule has 3 rings (SSSR count). The van der Waals surface area contributed by atoms with E-state index in [1.165, 1.54) is 6.07 Å². The van der Waals surface area contributed by atoms with E-state index in [1.54, 1.807) is 18.2 Å². The number of hydrogen-bond acceptors (Lipinski definition) is 4. The van der Waals surface area contributed by atoms with Crippen molar-refractivity contribution in [1.29, 1.82) is 0 Å².